The van der Waals surface area contributed by atoms with E-state index in [1.54, 1.807) is 6.07 Å². The van der Waals surface area contributed by atoms with Gasteiger partial charge in [-0.2, -0.15) is 0 Å². The maximum atomic E-state index is 11.4. The number of hydrogen-bond acceptors (Lipinski definition) is 6. The molecule has 1 aliphatic heterocycles. The van der Waals surface area contributed by atoms with Gasteiger partial charge >= 0.3 is 5.97 Å². The Balaban J connectivity index is 2.04. The predicted octanol–water partition coefficient (Wildman–Crippen LogP) is 1.48. The summed E-state index contributed by atoms with van der Waals surface area (Å²) < 4.78 is 4.64. The molecule has 2 rings (SSSR count). The van der Waals surface area contributed by atoms with Crippen molar-refractivity contribution in [2.45, 2.75) is 26.2 Å². The number of rotatable bonds is 6. The third-order valence-corrected chi connectivity index (χ3v) is 3.74. The van der Waals surface area contributed by atoms with Crippen LogP contribution in [-0.2, 0) is 4.74 Å². The highest BCUT2D eigenvalue weighted by molar-refractivity contribution is 5.86. The molecule has 6 nitrogen and oxygen atoms in total. The smallest absolute Gasteiger partial charge is 0.358 e. The van der Waals surface area contributed by atoms with Gasteiger partial charge in [0.2, 0.25) is 0 Å². The van der Waals surface area contributed by atoms with E-state index in [1.165, 1.54) is 20.0 Å². The Morgan fingerprint density at radius 3 is 2.90 bits per heavy atom. The van der Waals surface area contributed by atoms with Crippen LogP contribution in [0.4, 0.5) is 5.82 Å². The molecule has 0 aliphatic carbocycles. The van der Waals surface area contributed by atoms with Gasteiger partial charge in [-0.25, -0.2) is 4.79 Å². The Morgan fingerprint density at radius 2 is 2.33 bits per heavy atom. The molecule has 0 aromatic carbocycles. The molecule has 1 saturated heterocycles. The van der Waals surface area contributed by atoms with Crippen molar-refractivity contribution in [2.24, 2.45) is 5.92 Å². The van der Waals surface area contributed by atoms with E-state index in [0.717, 1.165) is 38.4 Å². The first kappa shape index (κ1) is 15.7. The number of anilines is 1. The Hall–Kier alpha value is -1.69. The molecule has 1 aromatic rings. The summed E-state index contributed by atoms with van der Waals surface area (Å²) in [4.78, 5) is 13.6. The minimum Gasteiger partial charge on any atom is -0.464 e. The van der Waals surface area contributed by atoms with E-state index in [-0.39, 0.29) is 5.69 Å². The Kier molecular flexibility index (Phi) is 5.92. The van der Waals surface area contributed by atoms with E-state index in [0.29, 0.717) is 5.92 Å². The van der Waals surface area contributed by atoms with E-state index in [9.17, 15) is 4.79 Å². The summed E-state index contributed by atoms with van der Waals surface area (Å²) in [5.41, 5.74) is 0.247. The van der Waals surface area contributed by atoms with Crippen LogP contribution in [0, 0.1) is 5.92 Å². The monoisotopic (exact) mass is 292 g/mol. The maximum Gasteiger partial charge on any atom is 0.358 e. The second kappa shape index (κ2) is 7.93. The van der Waals surface area contributed by atoms with Gasteiger partial charge in [0.25, 0.3) is 0 Å². The number of ether oxygens (including phenoxy) is 1. The molecule has 1 atom stereocenters. The summed E-state index contributed by atoms with van der Waals surface area (Å²) in [5, 5.41) is 11.6. The van der Waals surface area contributed by atoms with Gasteiger partial charge in [-0.3, -0.25) is 0 Å². The van der Waals surface area contributed by atoms with Gasteiger partial charge in [-0.1, -0.05) is 6.92 Å². The van der Waals surface area contributed by atoms with Crippen LogP contribution in [0.5, 0.6) is 0 Å². The van der Waals surface area contributed by atoms with Crippen molar-refractivity contribution >= 4 is 11.8 Å². The highest BCUT2D eigenvalue weighted by Crippen LogP contribution is 2.17. The zero-order valence-electron chi connectivity index (χ0n) is 12.8. The van der Waals surface area contributed by atoms with Gasteiger partial charge in [0.05, 0.1) is 7.11 Å². The predicted molar refractivity (Wildman–Crippen MR) is 81.5 cm³/mol. The van der Waals surface area contributed by atoms with Gasteiger partial charge in [0, 0.05) is 13.1 Å². The molecule has 0 spiro atoms. The molecule has 1 aliphatic rings. The summed E-state index contributed by atoms with van der Waals surface area (Å²) in [6.07, 6.45) is 3.54. The molecule has 1 fully saturated rings. The highest BCUT2D eigenvalue weighted by Gasteiger charge is 2.18. The Labute approximate surface area is 125 Å². The molecule has 0 saturated carbocycles. The Morgan fingerprint density at radius 1 is 1.48 bits per heavy atom. The molecule has 6 heteroatoms. The SMILES string of the molecule is CCCN(CC1CCCNC1)c1ccc(C(=O)OC)nn1. The van der Waals surface area contributed by atoms with Crippen molar-refractivity contribution in [3.63, 3.8) is 0 Å². The van der Waals surface area contributed by atoms with E-state index in [2.05, 4.69) is 32.1 Å². The Bertz CT molecular complexity index is 443. The lowest BCUT2D eigenvalue weighted by Crippen LogP contribution is -2.39. The molecule has 2 heterocycles. The van der Waals surface area contributed by atoms with Crippen LogP contribution >= 0.6 is 0 Å². The third kappa shape index (κ3) is 4.39. The lowest BCUT2D eigenvalue weighted by molar-refractivity contribution is 0.0592. The van der Waals surface area contributed by atoms with Crippen LogP contribution in [0.2, 0.25) is 0 Å². The molecular formula is C15H24N4O2. The average molecular weight is 292 g/mol. The van der Waals surface area contributed by atoms with E-state index in [1.807, 2.05) is 6.07 Å². The number of piperidine rings is 1. The van der Waals surface area contributed by atoms with Gasteiger partial charge < -0.3 is 15.0 Å². The largest absolute Gasteiger partial charge is 0.464 e. The molecule has 21 heavy (non-hydrogen) atoms. The minimum atomic E-state index is -0.451. The second-order valence-corrected chi connectivity index (χ2v) is 5.43. The molecule has 0 bridgehead atoms. The fraction of sp³-hybridized carbons (Fsp3) is 0.667. The van der Waals surface area contributed by atoms with Crippen molar-refractivity contribution in [2.75, 3.05) is 38.2 Å². The van der Waals surface area contributed by atoms with Crippen molar-refractivity contribution in [3.8, 4) is 0 Å². The highest BCUT2D eigenvalue weighted by atomic mass is 16.5. The second-order valence-electron chi connectivity index (χ2n) is 5.43. The first-order valence-corrected chi connectivity index (χ1v) is 7.62. The zero-order valence-corrected chi connectivity index (χ0v) is 12.8. The first-order chi connectivity index (χ1) is 10.2. The van der Waals surface area contributed by atoms with E-state index < -0.39 is 5.97 Å². The summed E-state index contributed by atoms with van der Waals surface area (Å²) in [5.74, 6) is 1.02. The standard InChI is InChI=1S/C15H24N4O2/c1-3-9-19(11-12-5-4-8-16-10-12)14-7-6-13(17-18-14)15(20)21-2/h6-7,12,16H,3-5,8-11H2,1-2H3. The van der Waals surface area contributed by atoms with Gasteiger partial charge in [-0.05, 0) is 50.4 Å². The number of nitrogens with one attached hydrogen (secondary N) is 1. The molecule has 1 aromatic heterocycles. The van der Waals surface area contributed by atoms with Gasteiger partial charge in [-0.15, -0.1) is 10.2 Å². The fourth-order valence-corrected chi connectivity index (χ4v) is 2.67. The molecule has 1 N–H and O–H groups in total. The van der Waals surface area contributed by atoms with Crippen LogP contribution in [0.15, 0.2) is 12.1 Å². The average Bonchev–Trinajstić information content (AvgIpc) is 2.55. The van der Waals surface area contributed by atoms with Crippen LogP contribution in [0.3, 0.4) is 0 Å². The van der Waals surface area contributed by atoms with Crippen LogP contribution < -0.4 is 10.2 Å². The lowest BCUT2D eigenvalue weighted by atomic mass is 9.99. The summed E-state index contributed by atoms with van der Waals surface area (Å²) >= 11 is 0. The van der Waals surface area contributed by atoms with Crippen molar-refractivity contribution < 1.29 is 9.53 Å². The number of carbonyl (C=O) groups excluding carboxylic acids is 1. The molecule has 0 amide bonds. The fourth-order valence-electron chi connectivity index (χ4n) is 2.67. The number of aromatic nitrogens is 2. The van der Waals surface area contributed by atoms with Crippen molar-refractivity contribution in [1.29, 1.82) is 0 Å². The van der Waals surface area contributed by atoms with Crippen molar-refractivity contribution in [1.82, 2.24) is 15.5 Å². The third-order valence-electron chi connectivity index (χ3n) is 3.74. The molecule has 1 unspecified atom stereocenters. The number of methoxy groups -OCH3 is 1. The zero-order chi connectivity index (χ0) is 15.1. The van der Waals surface area contributed by atoms with E-state index in [4.69, 9.17) is 0 Å². The number of hydrogen-bond donors (Lipinski definition) is 1. The number of esters is 1. The van der Waals surface area contributed by atoms with E-state index >= 15 is 0 Å². The van der Waals surface area contributed by atoms with Crippen LogP contribution in [0.1, 0.15) is 36.7 Å². The summed E-state index contributed by atoms with van der Waals surface area (Å²) in [6.45, 7) is 6.27. The quantitative estimate of drug-likeness (QED) is 0.801. The van der Waals surface area contributed by atoms with Crippen LogP contribution in [0.25, 0.3) is 0 Å². The topological polar surface area (TPSA) is 67.4 Å². The number of nitrogens with zero attached hydrogens (tertiary/aromatic N) is 3. The van der Waals surface area contributed by atoms with Crippen LogP contribution in [-0.4, -0.2) is 49.5 Å². The first-order valence-electron chi connectivity index (χ1n) is 7.62. The van der Waals surface area contributed by atoms with Gasteiger partial charge in [0.15, 0.2) is 11.5 Å². The molecular weight excluding hydrogens is 268 g/mol. The maximum absolute atomic E-state index is 11.4. The lowest BCUT2D eigenvalue weighted by Gasteiger charge is -2.30. The number of carbonyl (C=O) groups is 1. The summed E-state index contributed by atoms with van der Waals surface area (Å²) in [7, 11) is 1.34. The minimum absolute atomic E-state index is 0.247. The summed E-state index contributed by atoms with van der Waals surface area (Å²) in [6, 6.07) is 3.53. The molecule has 116 valence electrons. The molecule has 0 radical (unpaired) electrons. The van der Waals surface area contributed by atoms with Crippen molar-refractivity contribution in [3.05, 3.63) is 17.8 Å². The van der Waals surface area contributed by atoms with Gasteiger partial charge in [0.1, 0.15) is 0 Å². The normalized spacial score (nSPS) is 18.3.